The number of hydrogen-bond acceptors (Lipinski definition) is 6. The second-order valence-corrected chi connectivity index (χ2v) is 10.5. The summed E-state index contributed by atoms with van der Waals surface area (Å²) >= 11 is 0. The van der Waals surface area contributed by atoms with Crippen molar-refractivity contribution in [2.45, 2.75) is 37.2 Å². The summed E-state index contributed by atoms with van der Waals surface area (Å²) in [6, 6.07) is 8.90. The van der Waals surface area contributed by atoms with Gasteiger partial charge >= 0.3 is 0 Å². The van der Waals surface area contributed by atoms with Crippen LogP contribution in [0.15, 0.2) is 36.8 Å². The molecule has 2 saturated carbocycles. The summed E-state index contributed by atoms with van der Waals surface area (Å²) in [6.07, 6.45) is 7.68. The molecule has 2 aliphatic heterocycles. The lowest BCUT2D eigenvalue weighted by atomic mass is 9.92. The molecule has 4 fully saturated rings. The highest BCUT2D eigenvalue weighted by Crippen LogP contribution is 2.78. The molecule has 7 rings (SSSR count). The molecule has 4 aliphatic rings. The van der Waals surface area contributed by atoms with E-state index in [9.17, 15) is 0 Å². The molecule has 2 saturated heterocycles. The predicted octanol–water partition coefficient (Wildman–Crippen LogP) is 2.78. The topological polar surface area (TPSA) is 59.3 Å². The zero-order chi connectivity index (χ0) is 20.8. The Bertz CT molecular complexity index is 1190. The Balaban J connectivity index is 1.19. The first-order chi connectivity index (χ1) is 15.0. The van der Waals surface area contributed by atoms with E-state index in [2.05, 4.69) is 63.1 Å². The maximum absolute atomic E-state index is 6.11. The Kier molecular flexibility index (Phi) is 3.41. The molecule has 31 heavy (non-hydrogen) atoms. The van der Waals surface area contributed by atoms with Gasteiger partial charge in [0.25, 0.3) is 0 Å². The summed E-state index contributed by atoms with van der Waals surface area (Å²) in [6.45, 7) is 6.97. The molecule has 2 aliphatic carbocycles. The number of aromatic nitrogens is 4. The molecule has 1 aromatic carbocycles. The summed E-state index contributed by atoms with van der Waals surface area (Å²) in [4.78, 5) is 13.7. The average Bonchev–Trinajstić information content (AvgIpc) is 3.60. The molecule has 0 radical (unpaired) electrons. The van der Waals surface area contributed by atoms with Crippen LogP contribution in [-0.2, 0) is 10.2 Å². The highest BCUT2D eigenvalue weighted by atomic mass is 16.5. The minimum atomic E-state index is -0.0517. The van der Waals surface area contributed by atoms with E-state index in [0.717, 1.165) is 55.3 Å². The van der Waals surface area contributed by atoms with Crippen molar-refractivity contribution < 1.29 is 4.74 Å². The van der Waals surface area contributed by atoms with Crippen molar-refractivity contribution in [1.29, 1.82) is 0 Å². The van der Waals surface area contributed by atoms with E-state index < -0.39 is 0 Å². The van der Waals surface area contributed by atoms with E-state index >= 15 is 0 Å². The SMILES string of the molecule is CN1CCOC2(C1)CN(c1cc(-n3ncc4ccc(C5(C)CC56CC6)cc43)ncn1)C2. The van der Waals surface area contributed by atoms with E-state index in [0.29, 0.717) is 10.8 Å². The van der Waals surface area contributed by atoms with Gasteiger partial charge in [0, 0.05) is 24.5 Å². The number of morpholine rings is 1. The lowest BCUT2D eigenvalue weighted by Gasteiger charge is -2.53. The van der Waals surface area contributed by atoms with E-state index in [1.165, 1.54) is 24.8 Å². The van der Waals surface area contributed by atoms with Crippen LogP contribution in [-0.4, -0.2) is 70.1 Å². The van der Waals surface area contributed by atoms with Crippen LogP contribution >= 0.6 is 0 Å². The molecule has 160 valence electrons. The molecular formula is C24H28N6O. The fourth-order valence-corrected chi connectivity index (χ4v) is 6.13. The lowest BCUT2D eigenvalue weighted by molar-refractivity contribution is -0.117. The van der Waals surface area contributed by atoms with Crippen molar-refractivity contribution >= 4 is 16.7 Å². The van der Waals surface area contributed by atoms with Crippen molar-refractivity contribution in [3.63, 3.8) is 0 Å². The fraction of sp³-hybridized carbons (Fsp3) is 0.542. The van der Waals surface area contributed by atoms with Gasteiger partial charge in [-0.05, 0) is 48.8 Å². The first-order valence-electron chi connectivity index (χ1n) is 11.4. The molecule has 0 N–H and O–H groups in total. The monoisotopic (exact) mass is 416 g/mol. The second-order valence-electron chi connectivity index (χ2n) is 10.5. The summed E-state index contributed by atoms with van der Waals surface area (Å²) in [5.74, 6) is 1.76. The van der Waals surface area contributed by atoms with Crippen molar-refractivity contribution in [3.8, 4) is 5.82 Å². The molecule has 7 nitrogen and oxygen atoms in total. The first kappa shape index (κ1) is 18.1. The molecular weight excluding hydrogens is 388 g/mol. The number of likely N-dealkylation sites (N-methyl/N-ethyl adjacent to an activating group) is 1. The molecule has 2 spiro atoms. The van der Waals surface area contributed by atoms with Gasteiger partial charge in [0.2, 0.25) is 0 Å². The van der Waals surface area contributed by atoms with Gasteiger partial charge < -0.3 is 14.5 Å². The van der Waals surface area contributed by atoms with Gasteiger partial charge in [-0.15, -0.1) is 0 Å². The molecule has 2 aromatic heterocycles. The third-order valence-corrected chi connectivity index (χ3v) is 8.38. The standard InChI is InChI=1S/C24H28N6O/c1-22(12-23(22)5-6-23)18-4-3-17-11-27-30(19(17)9-18)21-10-20(25-16-26-21)29-14-24(15-29)13-28(2)7-8-31-24/h3-4,9-11,16H,5-8,12-15H2,1-2H3. The van der Waals surface area contributed by atoms with Crippen LogP contribution in [0.2, 0.25) is 0 Å². The van der Waals surface area contributed by atoms with Gasteiger partial charge in [-0.1, -0.05) is 19.1 Å². The maximum atomic E-state index is 6.11. The average molecular weight is 417 g/mol. The lowest BCUT2D eigenvalue weighted by Crippen LogP contribution is -2.70. The molecule has 0 amide bonds. The van der Waals surface area contributed by atoms with Crippen molar-refractivity contribution in [3.05, 3.63) is 42.4 Å². The third-order valence-electron chi connectivity index (χ3n) is 8.38. The molecule has 1 unspecified atom stereocenters. The largest absolute Gasteiger partial charge is 0.369 e. The van der Waals surface area contributed by atoms with Gasteiger partial charge in [0.1, 0.15) is 17.7 Å². The van der Waals surface area contributed by atoms with E-state index in [4.69, 9.17) is 4.74 Å². The van der Waals surface area contributed by atoms with Crippen LogP contribution in [0, 0.1) is 5.41 Å². The minimum Gasteiger partial charge on any atom is -0.369 e. The summed E-state index contributed by atoms with van der Waals surface area (Å²) in [5.41, 5.74) is 3.45. The number of fused-ring (bicyclic) bond motifs is 1. The minimum absolute atomic E-state index is 0.0517. The highest BCUT2D eigenvalue weighted by molar-refractivity contribution is 5.81. The van der Waals surface area contributed by atoms with Gasteiger partial charge in [-0.25, -0.2) is 14.6 Å². The number of benzene rings is 1. The maximum Gasteiger partial charge on any atom is 0.159 e. The van der Waals surface area contributed by atoms with E-state index in [-0.39, 0.29) is 5.60 Å². The Morgan fingerprint density at radius 1 is 1.03 bits per heavy atom. The number of nitrogens with zero attached hydrogens (tertiary/aromatic N) is 6. The van der Waals surface area contributed by atoms with E-state index in [1.807, 2.05) is 10.9 Å². The van der Waals surface area contributed by atoms with Gasteiger partial charge in [-0.3, -0.25) is 0 Å². The fourth-order valence-electron chi connectivity index (χ4n) is 6.13. The molecule has 7 heteroatoms. The van der Waals surface area contributed by atoms with Crippen LogP contribution in [0.25, 0.3) is 16.7 Å². The van der Waals surface area contributed by atoms with E-state index in [1.54, 1.807) is 6.33 Å². The van der Waals surface area contributed by atoms with Crippen LogP contribution in [0.4, 0.5) is 5.82 Å². The summed E-state index contributed by atoms with van der Waals surface area (Å²) in [7, 11) is 2.17. The number of anilines is 1. The smallest absolute Gasteiger partial charge is 0.159 e. The zero-order valence-corrected chi connectivity index (χ0v) is 18.2. The Hall–Kier alpha value is -2.51. The summed E-state index contributed by atoms with van der Waals surface area (Å²) < 4.78 is 8.08. The molecule has 4 heterocycles. The quantitative estimate of drug-likeness (QED) is 0.654. The number of ether oxygens (including phenoxy) is 1. The normalized spacial score (nSPS) is 28.3. The molecule has 1 atom stereocenters. The van der Waals surface area contributed by atoms with Gasteiger partial charge in [-0.2, -0.15) is 5.10 Å². The number of hydrogen-bond donors (Lipinski definition) is 0. The van der Waals surface area contributed by atoms with Crippen LogP contribution < -0.4 is 4.90 Å². The second kappa shape index (κ2) is 5.84. The Morgan fingerprint density at radius 3 is 2.65 bits per heavy atom. The first-order valence-corrected chi connectivity index (χ1v) is 11.4. The van der Waals surface area contributed by atoms with Crippen molar-refractivity contribution in [2.75, 3.05) is 44.7 Å². The Morgan fingerprint density at radius 2 is 1.87 bits per heavy atom. The zero-order valence-electron chi connectivity index (χ0n) is 18.2. The number of rotatable bonds is 3. The Labute approximate surface area is 182 Å². The van der Waals surface area contributed by atoms with Gasteiger partial charge in [0.05, 0.1) is 31.4 Å². The molecule has 0 bridgehead atoms. The van der Waals surface area contributed by atoms with Gasteiger partial charge in [0.15, 0.2) is 5.82 Å². The third kappa shape index (κ3) is 2.56. The van der Waals surface area contributed by atoms with Crippen LogP contribution in [0.5, 0.6) is 0 Å². The van der Waals surface area contributed by atoms with Crippen molar-refractivity contribution in [2.24, 2.45) is 5.41 Å². The van der Waals surface area contributed by atoms with Crippen molar-refractivity contribution in [1.82, 2.24) is 24.6 Å². The predicted molar refractivity (Wildman–Crippen MR) is 119 cm³/mol. The van der Waals surface area contributed by atoms with Crippen LogP contribution in [0.1, 0.15) is 31.7 Å². The summed E-state index contributed by atoms with van der Waals surface area (Å²) in [5, 5.41) is 5.83. The highest BCUT2D eigenvalue weighted by Gasteiger charge is 2.71. The van der Waals surface area contributed by atoms with Crippen LogP contribution in [0.3, 0.4) is 0 Å². The molecule has 3 aromatic rings.